The molecule has 1 aliphatic heterocycles. The van der Waals surface area contributed by atoms with E-state index in [4.69, 9.17) is 0 Å². The van der Waals surface area contributed by atoms with Crippen molar-refractivity contribution < 1.29 is 5.11 Å². The van der Waals surface area contributed by atoms with Gasteiger partial charge in [-0.25, -0.2) is 0 Å². The molecule has 0 amide bonds. The molecule has 0 saturated heterocycles. The Morgan fingerprint density at radius 3 is 2.14 bits per heavy atom. The fourth-order valence-electron chi connectivity index (χ4n) is 2.48. The van der Waals surface area contributed by atoms with Gasteiger partial charge in [-0.2, -0.15) is 0 Å². The molecule has 0 radical (unpaired) electrons. The summed E-state index contributed by atoms with van der Waals surface area (Å²) in [4.78, 5) is 2.40. The van der Waals surface area contributed by atoms with Gasteiger partial charge < -0.3 is 5.11 Å². The minimum absolute atomic E-state index is 0.0793. The van der Waals surface area contributed by atoms with Gasteiger partial charge in [-0.05, 0) is 24.0 Å². The van der Waals surface area contributed by atoms with Gasteiger partial charge in [0.1, 0.15) is 0 Å². The second kappa shape index (κ2) is 3.07. The van der Waals surface area contributed by atoms with Gasteiger partial charge in [-0.15, -0.1) is 0 Å². The average Bonchev–Trinajstić information content (AvgIpc) is 2.58. The lowest BCUT2D eigenvalue weighted by molar-refractivity contribution is -0.0233. The number of aliphatic hydroxyl groups is 1. The highest BCUT2D eigenvalue weighted by Gasteiger charge is 2.36. The van der Waals surface area contributed by atoms with Gasteiger partial charge in [0.2, 0.25) is 0 Å². The molecule has 0 spiro atoms. The van der Waals surface area contributed by atoms with E-state index >= 15 is 0 Å². The zero-order chi connectivity index (χ0) is 9.54. The van der Waals surface area contributed by atoms with Crippen molar-refractivity contribution in [3.05, 3.63) is 35.4 Å². The molecule has 1 heterocycles. The number of hydrogen-bond acceptors (Lipinski definition) is 2. The molecule has 74 valence electrons. The van der Waals surface area contributed by atoms with Crippen LogP contribution in [0.1, 0.15) is 24.0 Å². The highest BCUT2D eigenvalue weighted by Crippen LogP contribution is 2.32. The van der Waals surface area contributed by atoms with E-state index < -0.39 is 0 Å². The fourth-order valence-corrected chi connectivity index (χ4v) is 2.48. The zero-order valence-corrected chi connectivity index (χ0v) is 8.19. The molecule has 2 aliphatic rings. The minimum atomic E-state index is -0.0793. The Morgan fingerprint density at radius 2 is 1.71 bits per heavy atom. The van der Waals surface area contributed by atoms with Crippen LogP contribution in [-0.4, -0.2) is 22.2 Å². The molecule has 0 aromatic heterocycles. The molecule has 1 fully saturated rings. The van der Waals surface area contributed by atoms with Crippen molar-refractivity contribution in [1.29, 1.82) is 0 Å². The van der Waals surface area contributed by atoms with E-state index in [0.717, 1.165) is 25.9 Å². The topological polar surface area (TPSA) is 23.5 Å². The van der Waals surface area contributed by atoms with Crippen LogP contribution in [0.4, 0.5) is 0 Å². The molecular weight excluding hydrogens is 174 g/mol. The van der Waals surface area contributed by atoms with Gasteiger partial charge >= 0.3 is 0 Å². The third kappa shape index (κ3) is 1.18. The van der Waals surface area contributed by atoms with Gasteiger partial charge in [0, 0.05) is 19.1 Å². The molecule has 1 N–H and O–H groups in total. The highest BCUT2D eigenvalue weighted by molar-refractivity contribution is 5.30. The Morgan fingerprint density at radius 1 is 1.07 bits per heavy atom. The lowest BCUT2D eigenvalue weighted by Crippen LogP contribution is -2.48. The summed E-state index contributed by atoms with van der Waals surface area (Å²) in [6, 6.07) is 9.00. The Bertz CT molecular complexity index is 325. The van der Waals surface area contributed by atoms with Crippen LogP contribution in [0.5, 0.6) is 0 Å². The van der Waals surface area contributed by atoms with E-state index in [1.807, 2.05) is 0 Å². The maximum absolute atomic E-state index is 9.61. The molecule has 14 heavy (non-hydrogen) atoms. The van der Waals surface area contributed by atoms with E-state index in [2.05, 4.69) is 29.2 Å². The zero-order valence-electron chi connectivity index (χ0n) is 8.19. The number of fused-ring (bicyclic) bond motifs is 1. The van der Waals surface area contributed by atoms with Crippen LogP contribution in [0.25, 0.3) is 0 Å². The summed E-state index contributed by atoms with van der Waals surface area (Å²) in [6.07, 6.45) is 2.07. The van der Waals surface area contributed by atoms with Crippen LogP contribution in [0.15, 0.2) is 24.3 Å². The molecule has 1 aliphatic carbocycles. The normalized spacial score (nSPS) is 31.2. The second-order valence-electron chi connectivity index (χ2n) is 4.39. The van der Waals surface area contributed by atoms with Gasteiger partial charge in [-0.1, -0.05) is 24.3 Å². The van der Waals surface area contributed by atoms with E-state index in [1.165, 1.54) is 11.1 Å². The highest BCUT2D eigenvalue weighted by atomic mass is 16.3. The molecule has 0 bridgehead atoms. The largest absolute Gasteiger partial charge is 0.391 e. The van der Waals surface area contributed by atoms with Crippen molar-refractivity contribution in [2.75, 3.05) is 0 Å². The van der Waals surface area contributed by atoms with Crippen LogP contribution in [0, 0.1) is 0 Å². The number of hydrogen-bond donors (Lipinski definition) is 1. The monoisotopic (exact) mass is 189 g/mol. The summed E-state index contributed by atoms with van der Waals surface area (Å²) >= 11 is 0. The summed E-state index contributed by atoms with van der Waals surface area (Å²) in [6.45, 7) is 2.05. The third-order valence-electron chi connectivity index (χ3n) is 3.54. The van der Waals surface area contributed by atoms with Gasteiger partial charge in [0.25, 0.3) is 0 Å². The van der Waals surface area contributed by atoms with Crippen molar-refractivity contribution >= 4 is 0 Å². The van der Waals surface area contributed by atoms with Gasteiger partial charge in [0.05, 0.1) is 6.10 Å². The lowest BCUT2D eigenvalue weighted by Gasteiger charge is -2.39. The van der Waals surface area contributed by atoms with Crippen molar-refractivity contribution in [2.24, 2.45) is 0 Å². The summed E-state index contributed by atoms with van der Waals surface area (Å²) in [5.74, 6) is 0. The molecular formula is C12H15NO. The summed E-state index contributed by atoms with van der Waals surface area (Å²) in [7, 11) is 0. The first-order valence-corrected chi connectivity index (χ1v) is 5.33. The van der Waals surface area contributed by atoms with E-state index in [1.54, 1.807) is 0 Å². The Hall–Kier alpha value is -0.860. The second-order valence-corrected chi connectivity index (χ2v) is 4.39. The van der Waals surface area contributed by atoms with E-state index in [0.29, 0.717) is 6.04 Å². The molecule has 2 nitrogen and oxygen atoms in total. The summed E-state index contributed by atoms with van der Waals surface area (Å²) in [5, 5.41) is 9.61. The van der Waals surface area contributed by atoms with Crippen LogP contribution in [0.2, 0.25) is 0 Å². The quantitative estimate of drug-likeness (QED) is 0.724. The van der Waals surface area contributed by atoms with Crippen molar-refractivity contribution in [2.45, 2.75) is 38.1 Å². The predicted octanol–water partition coefficient (Wildman–Crippen LogP) is 1.53. The average molecular weight is 189 g/mol. The maximum atomic E-state index is 9.61. The number of aliphatic hydroxyl groups excluding tert-OH is 1. The Labute approximate surface area is 84.2 Å². The van der Waals surface area contributed by atoms with Crippen molar-refractivity contribution in [3.63, 3.8) is 0 Å². The maximum Gasteiger partial charge on any atom is 0.0696 e. The van der Waals surface area contributed by atoms with Crippen LogP contribution >= 0.6 is 0 Å². The van der Waals surface area contributed by atoms with E-state index in [-0.39, 0.29) is 6.10 Å². The summed E-state index contributed by atoms with van der Waals surface area (Å²) < 4.78 is 0. The molecule has 0 unspecified atom stereocenters. The molecule has 1 aromatic carbocycles. The van der Waals surface area contributed by atoms with Crippen LogP contribution in [-0.2, 0) is 13.1 Å². The number of benzene rings is 1. The SMILES string of the molecule is O[C@@H]1CC[C@H]1N1Cc2ccccc2C1. The first kappa shape index (κ1) is 8.45. The number of nitrogens with zero attached hydrogens (tertiary/aromatic N) is 1. The van der Waals surface area contributed by atoms with Gasteiger partial charge in [-0.3, -0.25) is 4.90 Å². The first-order chi connectivity index (χ1) is 6.84. The molecule has 2 atom stereocenters. The van der Waals surface area contributed by atoms with Crippen molar-refractivity contribution in [1.82, 2.24) is 4.90 Å². The standard InChI is InChI=1S/C12H15NO/c14-12-6-5-11(12)13-7-9-3-1-2-4-10(9)8-13/h1-4,11-12,14H,5-8H2/t11-,12-/m1/s1. The van der Waals surface area contributed by atoms with E-state index in [9.17, 15) is 5.11 Å². The fraction of sp³-hybridized carbons (Fsp3) is 0.500. The molecule has 1 aromatic rings. The smallest absolute Gasteiger partial charge is 0.0696 e. The molecule has 3 rings (SSSR count). The van der Waals surface area contributed by atoms with Gasteiger partial charge in [0.15, 0.2) is 0 Å². The minimum Gasteiger partial charge on any atom is -0.391 e. The Balaban J connectivity index is 1.78. The van der Waals surface area contributed by atoms with Crippen molar-refractivity contribution in [3.8, 4) is 0 Å². The first-order valence-electron chi connectivity index (χ1n) is 5.33. The van der Waals surface area contributed by atoms with Crippen LogP contribution < -0.4 is 0 Å². The molecule has 2 heteroatoms. The lowest BCUT2D eigenvalue weighted by atomic mass is 9.88. The Kier molecular flexibility index (Phi) is 1.85. The van der Waals surface area contributed by atoms with Crippen LogP contribution in [0.3, 0.4) is 0 Å². The summed E-state index contributed by atoms with van der Waals surface area (Å²) in [5.41, 5.74) is 2.87. The third-order valence-corrected chi connectivity index (χ3v) is 3.54. The molecule has 1 saturated carbocycles. The number of rotatable bonds is 1. The predicted molar refractivity (Wildman–Crippen MR) is 54.7 cm³/mol.